The Balaban J connectivity index is 1.86. The molecule has 1 aliphatic rings. The molecule has 17 heavy (non-hydrogen) atoms. The number of nitrogens with one attached hydrogen (secondary N) is 1. The van der Waals surface area contributed by atoms with Crippen molar-refractivity contribution in [2.75, 3.05) is 40.0 Å². The van der Waals surface area contributed by atoms with E-state index in [1.165, 1.54) is 5.69 Å². The van der Waals surface area contributed by atoms with Gasteiger partial charge < -0.3 is 14.8 Å². The standard InChI is InChI=1S/C12H20N2O2S/c1-15-5-3-13-8-12(2-4-16-9-12)6-11-7-17-10-14-11/h7,10,13H,2-6,8-9H2,1H3. The maximum absolute atomic E-state index is 5.57. The van der Waals surface area contributed by atoms with Crippen molar-refractivity contribution in [3.05, 3.63) is 16.6 Å². The lowest BCUT2D eigenvalue weighted by Crippen LogP contribution is -2.38. The van der Waals surface area contributed by atoms with Gasteiger partial charge in [-0.3, -0.25) is 0 Å². The van der Waals surface area contributed by atoms with Crippen LogP contribution in [-0.4, -0.2) is 45.0 Å². The molecule has 96 valence electrons. The van der Waals surface area contributed by atoms with Crippen LogP contribution < -0.4 is 5.32 Å². The molecule has 1 N–H and O–H groups in total. The van der Waals surface area contributed by atoms with E-state index in [9.17, 15) is 0 Å². The Morgan fingerprint density at radius 2 is 2.59 bits per heavy atom. The van der Waals surface area contributed by atoms with Crippen molar-refractivity contribution in [1.82, 2.24) is 10.3 Å². The second-order valence-electron chi connectivity index (χ2n) is 4.63. The number of thiazole rings is 1. The number of hydrogen-bond donors (Lipinski definition) is 1. The first-order valence-corrected chi connectivity index (χ1v) is 6.93. The Morgan fingerprint density at radius 3 is 3.24 bits per heavy atom. The fourth-order valence-corrected chi connectivity index (χ4v) is 2.79. The van der Waals surface area contributed by atoms with Gasteiger partial charge in [-0.05, 0) is 12.8 Å². The monoisotopic (exact) mass is 256 g/mol. The van der Waals surface area contributed by atoms with Gasteiger partial charge in [0.25, 0.3) is 0 Å². The quantitative estimate of drug-likeness (QED) is 0.747. The molecule has 2 rings (SSSR count). The van der Waals surface area contributed by atoms with Crippen molar-refractivity contribution in [2.24, 2.45) is 5.41 Å². The number of methoxy groups -OCH3 is 1. The van der Waals surface area contributed by atoms with Crippen molar-refractivity contribution < 1.29 is 9.47 Å². The van der Waals surface area contributed by atoms with E-state index in [0.717, 1.165) is 45.8 Å². The summed E-state index contributed by atoms with van der Waals surface area (Å²) in [5.74, 6) is 0. The first-order chi connectivity index (χ1) is 8.35. The van der Waals surface area contributed by atoms with Gasteiger partial charge in [-0.15, -0.1) is 11.3 Å². The van der Waals surface area contributed by atoms with Gasteiger partial charge in [0.05, 0.1) is 24.4 Å². The lowest BCUT2D eigenvalue weighted by Gasteiger charge is -2.27. The van der Waals surface area contributed by atoms with Gasteiger partial charge in [-0.1, -0.05) is 0 Å². The molecule has 2 heterocycles. The van der Waals surface area contributed by atoms with Crippen molar-refractivity contribution in [2.45, 2.75) is 12.8 Å². The van der Waals surface area contributed by atoms with E-state index in [2.05, 4.69) is 15.7 Å². The molecule has 0 saturated carbocycles. The summed E-state index contributed by atoms with van der Waals surface area (Å²) in [4.78, 5) is 4.38. The van der Waals surface area contributed by atoms with Crippen molar-refractivity contribution in [3.63, 3.8) is 0 Å². The van der Waals surface area contributed by atoms with Gasteiger partial charge in [-0.25, -0.2) is 4.98 Å². The minimum atomic E-state index is 0.224. The van der Waals surface area contributed by atoms with E-state index in [0.29, 0.717) is 0 Å². The van der Waals surface area contributed by atoms with Gasteiger partial charge in [0, 0.05) is 37.6 Å². The highest BCUT2D eigenvalue weighted by atomic mass is 32.1. The van der Waals surface area contributed by atoms with Crippen molar-refractivity contribution in [3.8, 4) is 0 Å². The van der Waals surface area contributed by atoms with Gasteiger partial charge in [0.2, 0.25) is 0 Å². The molecule has 5 heteroatoms. The Hall–Kier alpha value is -0.490. The molecule has 1 unspecified atom stereocenters. The van der Waals surface area contributed by atoms with E-state index in [1.807, 2.05) is 5.51 Å². The largest absolute Gasteiger partial charge is 0.383 e. The zero-order valence-electron chi connectivity index (χ0n) is 10.3. The van der Waals surface area contributed by atoms with Crippen LogP contribution in [0.2, 0.25) is 0 Å². The molecule has 1 aromatic rings. The summed E-state index contributed by atoms with van der Waals surface area (Å²) in [5.41, 5.74) is 3.31. The lowest BCUT2D eigenvalue weighted by atomic mass is 9.82. The second-order valence-corrected chi connectivity index (χ2v) is 5.35. The van der Waals surface area contributed by atoms with Gasteiger partial charge in [0.1, 0.15) is 0 Å². The average molecular weight is 256 g/mol. The summed E-state index contributed by atoms with van der Waals surface area (Å²) >= 11 is 1.66. The molecular weight excluding hydrogens is 236 g/mol. The summed E-state index contributed by atoms with van der Waals surface area (Å²) in [6.45, 7) is 4.34. The van der Waals surface area contributed by atoms with Gasteiger partial charge >= 0.3 is 0 Å². The van der Waals surface area contributed by atoms with E-state index in [4.69, 9.17) is 9.47 Å². The van der Waals surface area contributed by atoms with Crippen molar-refractivity contribution >= 4 is 11.3 Å². The molecular formula is C12H20N2O2S. The van der Waals surface area contributed by atoms with Gasteiger partial charge in [-0.2, -0.15) is 0 Å². The normalized spacial score (nSPS) is 24.3. The van der Waals surface area contributed by atoms with Crippen LogP contribution >= 0.6 is 11.3 Å². The SMILES string of the molecule is COCCNCC1(Cc2cscn2)CCOC1. The third kappa shape index (κ3) is 3.74. The predicted octanol–water partition coefficient (Wildman–Crippen LogP) is 1.33. The number of rotatable bonds is 7. The van der Waals surface area contributed by atoms with Crippen LogP contribution in [-0.2, 0) is 15.9 Å². The van der Waals surface area contributed by atoms with Crippen LogP contribution in [0.15, 0.2) is 10.9 Å². The number of hydrogen-bond acceptors (Lipinski definition) is 5. The topological polar surface area (TPSA) is 43.4 Å². The molecule has 1 fully saturated rings. The number of aromatic nitrogens is 1. The first kappa shape index (κ1) is 13.0. The minimum Gasteiger partial charge on any atom is -0.383 e. The number of ether oxygens (including phenoxy) is 2. The summed E-state index contributed by atoms with van der Waals surface area (Å²) in [5, 5.41) is 5.59. The van der Waals surface area contributed by atoms with E-state index in [-0.39, 0.29) is 5.41 Å². The van der Waals surface area contributed by atoms with Crippen LogP contribution in [0, 0.1) is 5.41 Å². The maximum Gasteiger partial charge on any atom is 0.0794 e. The van der Waals surface area contributed by atoms with Crippen LogP contribution in [0.25, 0.3) is 0 Å². The summed E-state index contributed by atoms with van der Waals surface area (Å²) in [6, 6.07) is 0. The molecule has 0 radical (unpaired) electrons. The third-order valence-electron chi connectivity index (χ3n) is 3.21. The Labute approximate surface area is 106 Å². The summed E-state index contributed by atoms with van der Waals surface area (Å²) in [7, 11) is 1.73. The van der Waals surface area contributed by atoms with E-state index < -0.39 is 0 Å². The summed E-state index contributed by atoms with van der Waals surface area (Å²) < 4.78 is 10.6. The van der Waals surface area contributed by atoms with Gasteiger partial charge in [0.15, 0.2) is 0 Å². The fraction of sp³-hybridized carbons (Fsp3) is 0.750. The molecule has 4 nitrogen and oxygen atoms in total. The van der Waals surface area contributed by atoms with E-state index >= 15 is 0 Å². The van der Waals surface area contributed by atoms with Crippen LogP contribution in [0.3, 0.4) is 0 Å². The van der Waals surface area contributed by atoms with Crippen LogP contribution in [0.5, 0.6) is 0 Å². The van der Waals surface area contributed by atoms with Crippen molar-refractivity contribution in [1.29, 1.82) is 0 Å². The average Bonchev–Trinajstić information content (AvgIpc) is 2.98. The molecule has 1 saturated heterocycles. The minimum absolute atomic E-state index is 0.224. The smallest absolute Gasteiger partial charge is 0.0794 e. The zero-order valence-corrected chi connectivity index (χ0v) is 11.1. The molecule has 0 aliphatic carbocycles. The van der Waals surface area contributed by atoms with E-state index in [1.54, 1.807) is 18.4 Å². The molecule has 1 atom stereocenters. The molecule has 0 aromatic carbocycles. The van der Waals surface area contributed by atoms with Crippen LogP contribution in [0.1, 0.15) is 12.1 Å². The third-order valence-corrected chi connectivity index (χ3v) is 3.84. The number of nitrogens with zero attached hydrogens (tertiary/aromatic N) is 1. The van der Waals surface area contributed by atoms with Crippen LogP contribution in [0.4, 0.5) is 0 Å². The molecule has 0 bridgehead atoms. The predicted molar refractivity (Wildman–Crippen MR) is 68.4 cm³/mol. The Bertz CT molecular complexity index is 310. The second kappa shape index (κ2) is 6.44. The maximum atomic E-state index is 5.57. The molecule has 0 amide bonds. The Kier molecular flexibility index (Phi) is 4.91. The molecule has 1 aliphatic heterocycles. The Morgan fingerprint density at radius 1 is 1.65 bits per heavy atom. The first-order valence-electron chi connectivity index (χ1n) is 5.99. The molecule has 1 aromatic heterocycles. The highest BCUT2D eigenvalue weighted by Gasteiger charge is 2.35. The molecule has 0 spiro atoms. The zero-order chi connectivity index (χ0) is 12.0. The highest BCUT2D eigenvalue weighted by Crippen LogP contribution is 2.31. The summed E-state index contributed by atoms with van der Waals surface area (Å²) in [6.07, 6.45) is 2.13. The fourth-order valence-electron chi connectivity index (χ4n) is 2.23. The highest BCUT2D eigenvalue weighted by molar-refractivity contribution is 7.07. The lowest BCUT2D eigenvalue weighted by molar-refractivity contribution is 0.144.